The van der Waals surface area contributed by atoms with E-state index in [9.17, 15) is 4.79 Å². The van der Waals surface area contributed by atoms with E-state index in [1.165, 1.54) is 4.88 Å². The lowest BCUT2D eigenvalue weighted by atomic mass is 10.2. The van der Waals surface area contributed by atoms with Crippen molar-refractivity contribution in [3.8, 4) is 0 Å². The normalized spacial score (nSPS) is 12.5. The van der Waals surface area contributed by atoms with Gasteiger partial charge in [-0.1, -0.05) is 24.3 Å². The molecule has 3 heterocycles. The first-order valence-electron chi connectivity index (χ1n) is 9.22. The van der Waals surface area contributed by atoms with Crippen LogP contribution in [0.2, 0.25) is 0 Å². The number of carbonyl (C=O) groups excluding carboxylic acids is 1. The highest BCUT2D eigenvalue weighted by Crippen LogP contribution is 2.23. The van der Waals surface area contributed by atoms with Crippen LogP contribution in [0.15, 0.2) is 75.1 Å². The third kappa shape index (κ3) is 4.52. The van der Waals surface area contributed by atoms with Crippen LogP contribution in [-0.2, 0) is 17.9 Å². The molecule has 3 aromatic heterocycles. The minimum atomic E-state index is -0.202. The molecule has 0 unspecified atom stereocenters. The second kappa shape index (κ2) is 8.46. The van der Waals surface area contributed by atoms with E-state index in [-0.39, 0.29) is 18.5 Å². The molecule has 28 heavy (non-hydrogen) atoms. The second-order valence-corrected chi connectivity index (χ2v) is 7.81. The van der Waals surface area contributed by atoms with Crippen LogP contribution in [0.4, 0.5) is 0 Å². The molecular formula is C22H22N2O3S. The van der Waals surface area contributed by atoms with E-state index in [1.54, 1.807) is 17.6 Å². The summed E-state index contributed by atoms with van der Waals surface area (Å²) in [6.07, 6.45) is 1.66. The Balaban J connectivity index is 1.41. The molecule has 4 aromatic rings. The molecule has 0 bridgehead atoms. The van der Waals surface area contributed by atoms with Crippen LogP contribution in [-0.4, -0.2) is 17.4 Å². The van der Waals surface area contributed by atoms with Gasteiger partial charge in [0.15, 0.2) is 0 Å². The number of benzene rings is 1. The fourth-order valence-corrected chi connectivity index (χ4v) is 3.94. The standard InChI is InChI=1S/C22H22N2O3S/c1-16(21-12-17-6-2-3-9-20(17)27-21)23-22(25)15-24(13-18-7-4-10-26-18)14-19-8-5-11-28-19/h2-12,16H,13-15H2,1H3,(H,23,25)/t16-/m0/s1. The second-order valence-electron chi connectivity index (χ2n) is 6.78. The maximum Gasteiger partial charge on any atom is 0.234 e. The largest absolute Gasteiger partial charge is 0.468 e. The summed E-state index contributed by atoms with van der Waals surface area (Å²) in [7, 11) is 0. The Morgan fingerprint density at radius 3 is 2.79 bits per heavy atom. The van der Waals surface area contributed by atoms with Crippen molar-refractivity contribution < 1.29 is 13.6 Å². The molecule has 1 aromatic carbocycles. The summed E-state index contributed by atoms with van der Waals surface area (Å²) in [5, 5.41) is 6.13. The van der Waals surface area contributed by atoms with Crippen molar-refractivity contribution in [3.05, 3.63) is 82.6 Å². The van der Waals surface area contributed by atoms with E-state index < -0.39 is 0 Å². The van der Waals surface area contributed by atoms with Crippen LogP contribution in [0.1, 0.15) is 29.4 Å². The van der Waals surface area contributed by atoms with Gasteiger partial charge < -0.3 is 14.2 Å². The van der Waals surface area contributed by atoms with Gasteiger partial charge in [0.05, 0.1) is 25.4 Å². The molecular weight excluding hydrogens is 372 g/mol. The first-order valence-corrected chi connectivity index (χ1v) is 10.1. The van der Waals surface area contributed by atoms with Crippen LogP contribution in [0.3, 0.4) is 0 Å². The summed E-state index contributed by atoms with van der Waals surface area (Å²) in [6.45, 7) is 3.50. The molecule has 5 nitrogen and oxygen atoms in total. The number of hydrogen-bond donors (Lipinski definition) is 1. The number of nitrogens with zero attached hydrogens (tertiary/aromatic N) is 1. The summed E-state index contributed by atoms with van der Waals surface area (Å²) in [5.41, 5.74) is 0.829. The molecule has 1 N–H and O–H groups in total. The highest BCUT2D eigenvalue weighted by molar-refractivity contribution is 7.09. The van der Waals surface area contributed by atoms with Crippen molar-refractivity contribution in [1.82, 2.24) is 10.2 Å². The van der Waals surface area contributed by atoms with Gasteiger partial charge in [0.1, 0.15) is 17.1 Å². The predicted molar refractivity (Wildman–Crippen MR) is 110 cm³/mol. The van der Waals surface area contributed by atoms with Crippen molar-refractivity contribution in [3.63, 3.8) is 0 Å². The summed E-state index contributed by atoms with van der Waals surface area (Å²) in [5.74, 6) is 1.55. The zero-order valence-corrected chi connectivity index (χ0v) is 16.4. The van der Waals surface area contributed by atoms with Crippen molar-refractivity contribution in [2.75, 3.05) is 6.54 Å². The lowest BCUT2D eigenvalue weighted by Crippen LogP contribution is -2.37. The maximum atomic E-state index is 12.7. The molecule has 0 saturated carbocycles. The Morgan fingerprint density at radius 1 is 1.14 bits per heavy atom. The first kappa shape index (κ1) is 18.5. The number of para-hydroxylation sites is 1. The Labute approximate surface area is 167 Å². The molecule has 0 fully saturated rings. The van der Waals surface area contributed by atoms with Gasteiger partial charge in [0, 0.05) is 16.8 Å². The highest BCUT2D eigenvalue weighted by Gasteiger charge is 2.18. The number of nitrogens with one attached hydrogen (secondary N) is 1. The number of fused-ring (bicyclic) bond motifs is 1. The van der Waals surface area contributed by atoms with Crippen molar-refractivity contribution in [2.24, 2.45) is 0 Å². The van der Waals surface area contributed by atoms with E-state index in [2.05, 4.69) is 16.3 Å². The number of rotatable bonds is 8. The van der Waals surface area contributed by atoms with Gasteiger partial charge in [-0.05, 0) is 42.6 Å². The van der Waals surface area contributed by atoms with Crippen LogP contribution < -0.4 is 5.32 Å². The Morgan fingerprint density at radius 2 is 2.04 bits per heavy atom. The van der Waals surface area contributed by atoms with Gasteiger partial charge >= 0.3 is 0 Å². The maximum absolute atomic E-state index is 12.7. The molecule has 0 saturated heterocycles. The highest BCUT2D eigenvalue weighted by atomic mass is 32.1. The Kier molecular flexibility index (Phi) is 5.60. The summed E-state index contributed by atoms with van der Waals surface area (Å²) in [4.78, 5) is 16.0. The van der Waals surface area contributed by atoms with Crippen LogP contribution >= 0.6 is 11.3 Å². The van der Waals surface area contributed by atoms with E-state index >= 15 is 0 Å². The zero-order valence-electron chi connectivity index (χ0n) is 15.6. The lowest BCUT2D eigenvalue weighted by Gasteiger charge is -2.21. The van der Waals surface area contributed by atoms with Gasteiger partial charge in [-0.3, -0.25) is 9.69 Å². The summed E-state index contributed by atoms with van der Waals surface area (Å²) < 4.78 is 11.3. The zero-order chi connectivity index (χ0) is 19.3. The average molecular weight is 394 g/mol. The van der Waals surface area contributed by atoms with Gasteiger partial charge in [-0.2, -0.15) is 0 Å². The lowest BCUT2D eigenvalue weighted by molar-refractivity contribution is -0.123. The minimum absolute atomic E-state index is 0.0453. The van der Waals surface area contributed by atoms with E-state index in [4.69, 9.17) is 8.83 Å². The number of carbonyl (C=O) groups is 1. The van der Waals surface area contributed by atoms with E-state index in [0.29, 0.717) is 13.1 Å². The molecule has 6 heteroatoms. The molecule has 1 amide bonds. The molecule has 0 radical (unpaired) electrons. The molecule has 0 aliphatic rings. The first-order chi connectivity index (χ1) is 13.7. The number of furan rings is 2. The SMILES string of the molecule is C[C@H](NC(=O)CN(Cc1ccco1)Cc1cccs1)c1cc2ccccc2o1. The monoisotopic (exact) mass is 394 g/mol. The third-order valence-electron chi connectivity index (χ3n) is 4.54. The predicted octanol–water partition coefficient (Wildman–Crippen LogP) is 4.97. The summed E-state index contributed by atoms with van der Waals surface area (Å²) >= 11 is 1.69. The topological polar surface area (TPSA) is 58.6 Å². The van der Waals surface area contributed by atoms with Gasteiger partial charge in [-0.25, -0.2) is 0 Å². The molecule has 4 rings (SSSR count). The van der Waals surface area contributed by atoms with Crippen molar-refractivity contribution in [1.29, 1.82) is 0 Å². The quantitative estimate of drug-likeness (QED) is 0.459. The number of thiophene rings is 1. The van der Waals surface area contributed by atoms with E-state index in [1.807, 2.05) is 60.8 Å². The number of hydrogen-bond acceptors (Lipinski definition) is 5. The van der Waals surface area contributed by atoms with Crippen LogP contribution in [0.25, 0.3) is 11.0 Å². The molecule has 1 atom stereocenters. The van der Waals surface area contributed by atoms with Gasteiger partial charge in [0.25, 0.3) is 0 Å². The molecule has 0 aliphatic carbocycles. The van der Waals surface area contributed by atoms with E-state index in [0.717, 1.165) is 22.5 Å². The van der Waals surface area contributed by atoms with Gasteiger partial charge in [-0.15, -0.1) is 11.3 Å². The fraction of sp³-hybridized carbons (Fsp3) is 0.227. The Hall–Kier alpha value is -2.83. The average Bonchev–Trinajstić information content (AvgIpc) is 3.43. The van der Waals surface area contributed by atoms with Crippen molar-refractivity contribution >= 4 is 28.2 Å². The summed E-state index contributed by atoms with van der Waals surface area (Å²) in [6, 6.07) is 17.5. The fourth-order valence-electron chi connectivity index (χ4n) is 3.19. The molecule has 0 aliphatic heterocycles. The van der Waals surface area contributed by atoms with Gasteiger partial charge in [0.2, 0.25) is 5.91 Å². The number of amides is 1. The Bertz CT molecular complexity index is 952. The third-order valence-corrected chi connectivity index (χ3v) is 5.40. The van der Waals surface area contributed by atoms with Crippen LogP contribution in [0.5, 0.6) is 0 Å². The molecule has 0 spiro atoms. The smallest absolute Gasteiger partial charge is 0.234 e. The van der Waals surface area contributed by atoms with Crippen molar-refractivity contribution in [2.45, 2.75) is 26.1 Å². The molecule has 144 valence electrons. The minimum Gasteiger partial charge on any atom is -0.468 e. The van der Waals surface area contributed by atoms with Crippen LogP contribution in [0, 0.1) is 0 Å².